The average molecular weight is 304 g/mol. The molecule has 0 saturated heterocycles. The molecule has 0 aliphatic carbocycles. The van der Waals surface area contributed by atoms with E-state index in [1.54, 1.807) is 11.1 Å². The molecule has 0 unspecified atom stereocenters. The van der Waals surface area contributed by atoms with E-state index in [0.717, 1.165) is 21.4 Å². The third kappa shape index (κ3) is 2.01. The van der Waals surface area contributed by atoms with Gasteiger partial charge in [0.15, 0.2) is 0 Å². The molecule has 1 aromatic heterocycles. The summed E-state index contributed by atoms with van der Waals surface area (Å²) in [5.41, 5.74) is 2.81. The zero-order valence-electron chi connectivity index (χ0n) is 9.51. The first-order valence-corrected chi connectivity index (χ1v) is 6.39. The molecule has 0 N–H and O–H groups in total. The van der Waals surface area contributed by atoms with E-state index in [-0.39, 0.29) is 5.91 Å². The number of hydrogen-bond acceptors (Lipinski definition) is 3. The van der Waals surface area contributed by atoms with Crippen molar-refractivity contribution in [2.24, 2.45) is 0 Å². The predicted octanol–water partition coefficient (Wildman–Crippen LogP) is 2.33. The normalized spacial score (nSPS) is 13.8. The fourth-order valence-electron chi connectivity index (χ4n) is 2.10. The van der Waals surface area contributed by atoms with Crippen molar-refractivity contribution in [2.45, 2.75) is 13.0 Å². The molecule has 0 spiro atoms. The topological polar surface area (TPSA) is 46.1 Å². The van der Waals surface area contributed by atoms with Gasteiger partial charge in [-0.2, -0.15) is 10.2 Å². The van der Waals surface area contributed by atoms with Gasteiger partial charge in [-0.1, -0.05) is 15.9 Å². The summed E-state index contributed by atoms with van der Waals surface area (Å²) >= 11 is 3.42. The van der Waals surface area contributed by atoms with E-state index < -0.39 is 0 Å². The van der Waals surface area contributed by atoms with Crippen LogP contribution in [0, 0.1) is 0 Å². The average Bonchev–Trinajstić information content (AvgIpc) is 2.66. The van der Waals surface area contributed by atoms with Crippen molar-refractivity contribution >= 4 is 27.5 Å². The molecule has 18 heavy (non-hydrogen) atoms. The van der Waals surface area contributed by atoms with Crippen molar-refractivity contribution in [3.63, 3.8) is 0 Å². The van der Waals surface area contributed by atoms with Crippen molar-refractivity contribution in [3.05, 3.63) is 52.3 Å². The molecule has 0 radical (unpaired) electrons. The van der Waals surface area contributed by atoms with E-state index in [1.807, 2.05) is 30.3 Å². The van der Waals surface area contributed by atoms with E-state index >= 15 is 0 Å². The molecule has 2 aromatic rings. The summed E-state index contributed by atoms with van der Waals surface area (Å²) in [6.45, 7) is 0.474. The lowest BCUT2D eigenvalue weighted by atomic mass is 10.2. The Morgan fingerprint density at radius 2 is 2.22 bits per heavy atom. The maximum atomic E-state index is 12.0. The van der Waals surface area contributed by atoms with E-state index in [1.165, 1.54) is 0 Å². The van der Waals surface area contributed by atoms with Crippen LogP contribution in [0.5, 0.6) is 0 Å². The number of nitrogens with zero attached hydrogens (tertiary/aromatic N) is 3. The highest BCUT2D eigenvalue weighted by Crippen LogP contribution is 2.32. The first-order chi connectivity index (χ1) is 8.74. The Morgan fingerprint density at radius 3 is 3.00 bits per heavy atom. The van der Waals surface area contributed by atoms with Crippen LogP contribution in [-0.2, 0) is 17.8 Å². The summed E-state index contributed by atoms with van der Waals surface area (Å²) in [7, 11) is 0. The molecule has 2 heterocycles. The molecule has 1 aromatic carbocycles. The number of rotatable bonds is 2. The molecule has 5 heteroatoms. The molecule has 90 valence electrons. The van der Waals surface area contributed by atoms with Crippen molar-refractivity contribution in [1.29, 1.82) is 0 Å². The lowest BCUT2D eigenvalue weighted by Crippen LogP contribution is -2.26. The number of amides is 1. The van der Waals surface area contributed by atoms with Gasteiger partial charge in [-0.15, -0.1) is 0 Å². The standard InChI is InChI=1S/C13H10BrN3O/c14-10-3-4-12-9(6-10)7-13(18)17(12)8-11-2-1-5-15-16-11/h1-6H,7-8H2. The molecular formula is C13H10BrN3O. The van der Waals surface area contributed by atoms with Gasteiger partial charge in [0.05, 0.1) is 18.7 Å². The van der Waals surface area contributed by atoms with Gasteiger partial charge in [0.25, 0.3) is 0 Å². The Balaban J connectivity index is 1.93. The molecule has 0 saturated carbocycles. The van der Waals surface area contributed by atoms with Crippen LogP contribution in [-0.4, -0.2) is 16.1 Å². The Morgan fingerprint density at radius 1 is 1.33 bits per heavy atom. The van der Waals surface area contributed by atoms with Crippen LogP contribution in [0.15, 0.2) is 41.0 Å². The van der Waals surface area contributed by atoms with Crippen LogP contribution in [0.1, 0.15) is 11.3 Å². The minimum absolute atomic E-state index is 0.105. The highest BCUT2D eigenvalue weighted by atomic mass is 79.9. The summed E-state index contributed by atoms with van der Waals surface area (Å²) in [5, 5.41) is 7.84. The lowest BCUT2D eigenvalue weighted by Gasteiger charge is -2.16. The third-order valence-corrected chi connectivity index (χ3v) is 3.42. The van der Waals surface area contributed by atoms with E-state index in [4.69, 9.17) is 0 Å². The van der Waals surface area contributed by atoms with Crippen LogP contribution in [0.4, 0.5) is 5.69 Å². The number of carbonyl (C=O) groups excluding carboxylic acids is 1. The zero-order chi connectivity index (χ0) is 12.5. The van der Waals surface area contributed by atoms with Gasteiger partial charge < -0.3 is 4.90 Å². The number of fused-ring (bicyclic) bond motifs is 1. The van der Waals surface area contributed by atoms with Gasteiger partial charge in [0.2, 0.25) is 5.91 Å². The zero-order valence-corrected chi connectivity index (χ0v) is 11.1. The Kier molecular flexibility index (Phi) is 2.83. The van der Waals surface area contributed by atoms with Crippen molar-refractivity contribution in [2.75, 3.05) is 4.90 Å². The maximum absolute atomic E-state index is 12.0. The van der Waals surface area contributed by atoms with Crippen LogP contribution in [0.3, 0.4) is 0 Å². The van der Waals surface area contributed by atoms with Gasteiger partial charge in [-0.3, -0.25) is 4.79 Å². The monoisotopic (exact) mass is 303 g/mol. The molecule has 3 rings (SSSR count). The molecule has 1 aliphatic rings. The number of benzene rings is 1. The van der Waals surface area contributed by atoms with Crippen LogP contribution in [0.2, 0.25) is 0 Å². The van der Waals surface area contributed by atoms with E-state index in [0.29, 0.717) is 13.0 Å². The van der Waals surface area contributed by atoms with Crippen molar-refractivity contribution in [3.8, 4) is 0 Å². The van der Waals surface area contributed by atoms with Gasteiger partial charge >= 0.3 is 0 Å². The quantitative estimate of drug-likeness (QED) is 0.855. The number of aromatic nitrogens is 2. The largest absolute Gasteiger partial charge is 0.306 e. The van der Waals surface area contributed by atoms with Crippen LogP contribution >= 0.6 is 15.9 Å². The predicted molar refractivity (Wildman–Crippen MR) is 71.1 cm³/mol. The summed E-state index contributed by atoms with van der Waals surface area (Å²) in [6, 6.07) is 9.59. The Bertz CT molecular complexity index is 600. The number of hydrogen-bond donors (Lipinski definition) is 0. The Labute approximate surface area is 113 Å². The second-order valence-electron chi connectivity index (χ2n) is 4.14. The van der Waals surface area contributed by atoms with Gasteiger partial charge in [-0.05, 0) is 35.9 Å². The Hall–Kier alpha value is -1.75. The van der Waals surface area contributed by atoms with Gasteiger partial charge in [0, 0.05) is 16.4 Å². The molecule has 1 aliphatic heterocycles. The lowest BCUT2D eigenvalue weighted by molar-refractivity contribution is -0.117. The second-order valence-corrected chi connectivity index (χ2v) is 5.06. The molecule has 4 nitrogen and oxygen atoms in total. The van der Waals surface area contributed by atoms with Crippen molar-refractivity contribution in [1.82, 2.24) is 10.2 Å². The maximum Gasteiger partial charge on any atom is 0.231 e. The van der Waals surface area contributed by atoms with Crippen LogP contribution < -0.4 is 4.90 Å². The summed E-state index contributed by atoms with van der Waals surface area (Å²) in [4.78, 5) is 13.8. The van der Waals surface area contributed by atoms with Gasteiger partial charge in [-0.25, -0.2) is 0 Å². The number of halogens is 1. The third-order valence-electron chi connectivity index (χ3n) is 2.92. The minimum Gasteiger partial charge on any atom is -0.306 e. The molecule has 0 atom stereocenters. The fraction of sp³-hybridized carbons (Fsp3) is 0.154. The summed E-state index contributed by atoms with van der Waals surface area (Å²) in [6.07, 6.45) is 2.08. The summed E-state index contributed by atoms with van der Waals surface area (Å²) < 4.78 is 0.996. The molecule has 0 bridgehead atoms. The fourth-order valence-corrected chi connectivity index (χ4v) is 2.51. The smallest absolute Gasteiger partial charge is 0.231 e. The highest BCUT2D eigenvalue weighted by molar-refractivity contribution is 9.10. The van der Waals surface area contributed by atoms with E-state index in [2.05, 4.69) is 26.1 Å². The number of carbonyl (C=O) groups is 1. The minimum atomic E-state index is 0.105. The first kappa shape index (κ1) is 11.3. The first-order valence-electron chi connectivity index (χ1n) is 5.59. The van der Waals surface area contributed by atoms with Crippen LogP contribution in [0.25, 0.3) is 0 Å². The molecular weight excluding hydrogens is 294 g/mol. The molecule has 1 amide bonds. The van der Waals surface area contributed by atoms with E-state index in [9.17, 15) is 4.79 Å². The second kappa shape index (κ2) is 4.49. The number of anilines is 1. The highest BCUT2D eigenvalue weighted by Gasteiger charge is 2.27. The molecule has 0 fully saturated rings. The van der Waals surface area contributed by atoms with Gasteiger partial charge in [0.1, 0.15) is 0 Å². The summed E-state index contributed by atoms with van der Waals surface area (Å²) in [5.74, 6) is 0.105. The SMILES string of the molecule is O=C1Cc2cc(Br)ccc2N1Cc1cccnn1. The van der Waals surface area contributed by atoms with Crippen molar-refractivity contribution < 1.29 is 4.79 Å².